The topological polar surface area (TPSA) is 87.5 Å². The van der Waals surface area contributed by atoms with E-state index in [1.54, 1.807) is 23.6 Å². The van der Waals surface area contributed by atoms with Crippen LogP contribution in [0.4, 0.5) is 5.95 Å². The van der Waals surface area contributed by atoms with E-state index in [1.807, 2.05) is 32.0 Å². The molecular formula is C30H38N4O4S. The highest BCUT2D eigenvalue weighted by molar-refractivity contribution is 7.99. The van der Waals surface area contributed by atoms with Crippen molar-refractivity contribution in [3.05, 3.63) is 70.4 Å². The molecule has 0 spiro atoms. The van der Waals surface area contributed by atoms with Crippen LogP contribution < -0.4 is 14.8 Å². The van der Waals surface area contributed by atoms with Gasteiger partial charge < -0.3 is 19.5 Å². The maximum Gasteiger partial charge on any atom is 0.338 e. The highest BCUT2D eigenvalue weighted by Gasteiger charge is 2.35. The highest BCUT2D eigenvalue weighted by Crippen LogP contribution is 2.40. The molecular weight excluding hydrogens is 512 g/mol. The summed E-state index contributed by atoms with van der Waals surface area (Å²) in [5.74, 6) is 2.23. The third-order valence-corrected chi connectivity index (χ3v) is 7.20. The Kier molecular flexibility index (Phi) is 8.90. The molecule has 2 heterocycles. The van der Waals surface area contributed by atoms with E-state index in [0.717, 1.165) is 23.3 Å². The molecule has 0 saturated carbocycles. The fraction of sp³-hybridized carbons (Fsp3) is 0.433. The van der Waals surface area contributed by atoms with Gasteiger partial charge in [-0.15, -0.1) is 5.10 Å². The lowest BCUT2D eigenvalue weighted by molar-refractivity contribution is -0.139. The quantitative estimate of drug-likeness (QED) is 0.226. The number of benzene rings is 2. The number of anilines is 1. The van der Waals surface area contributed by atoms with Crippen molar-refractivity contribution in [3.63, 3.8) is 0 Å². The van der Waals surface area contributed by atoms with E-state index in [2.05, 4.69) is 62.3 Å². The lowest BCUT2D eigenvalue weighted by Crippen LogP contribution is -2.29. The monoisotopic (exact) mass is 550 g/mol. The standard InChI is InChI=1S/C30H38N4O4S/c1-8-16-37-27(35)25-19(3)31-28-32-29(39-9-2)33-34(28)26(25)21-12-15-23(24(17-21)36-7)38-18-20-10-13-22(14-11-20)30(4,5)6/h10-15,17,26H,8-9,16,18H2,1-7H3,(H,31,32,33). The Morgan fingerprint density at radius 3 is 2.49 bits per heavy atom. The molecule has 1 atom stereocenters. The Bertz CT molecular complexity index is 1340. The summed E-state index contributed by atoms with van der Waals surface area (Å²) in [6.07, 6.45) is 0.737. The van der Waals surface area contributed by atoms with E-state index in [9.17, 15) is 4.79 Å². The lowest BCUT2D eigenvalue weighted by Gasteiger charge is -2.28. The first kappa shape index (κ1) is 28.5. The van der Waals surface area contributed by atoms with Crippen molar-refractivity contribution in [1.29, 1.82) is 0 Å². The summed E-state index contributed by atoms with van der Waals surface area (Å²) in [5.41, 5.74) is 4.44. The van der Waals surface area contributed by atoms with Crippen LogP contribution in [0, 0.1) is 0 Å². The summed E-state index contributed by atoms with van der Waals surface area (Å²) in [7, 11) is 1.61. The average molecular weight is 551 g/mol. The third kappa shape index (κ3) is 6.41. The number of aromatic nitrogens is 3. The van der Waals surface area contributed by atoms with E-state index >= 15 is 0 Å². The number of carbonyl (C=O) groups is 1. The fourth-order valence-electron chi connectivity index (χ4n) is 4.40. The lowest BCUT2D eigenvalue weighted by atomic mass is 9.87. The number of rotatable bonds is 10. The van der Waals surface area contributed by atoms with Crippen molar-refractivity contribution in [2.45, 2.75) is 71.2 Å². The minimum atomic E-state index is -0.530. The van der Waals surface area contributed by atoms with Crippen LogP contribution in [0.25, 0.3) is 0 Å². The number of thioether (sulfide) groups is 1. The van der Waals surface area contributed by atoms with Crippen molar-refractivity contribution in [3.8, 4) is 11.5 Å². The van der Waals surface area contributed by atoms with Gasteiger partial charge in [0.15, 0.2) is 11.5 Å². The maximum atomic E-state index is 13.2. The van der Waals surface area contributed by atoms with Gasteiger partial charge in [0.05, 0.1) is 19.3 Å². The molecule has 0 radical (unpaired) electrons. The summed E-state index contributed by atoms with van der Waals surface area (Å²) in [6, 6.07) is 13.7. The summed E-state index contributed by atoms with van der Waals surface area (Å²) in [5, 5.41) is 8.60. The fourth-order valence-corrected chi connectivity index (χ4v) is 4.96. The minimum Gasteiger partial charge on any atom is -0.493 e. The maximum absolute atomic E-state index is 13.2. The van der Waals surface area contributed by atoms with Crippen molar-refractivity contribution in [2.75, 3.05) is 24.8 Å². The third-order valence-electron chi connectivity index (χ3n) is 6.48. The van der Waals surface area contributed by atoms with Crippen LogP contribution in [-0.2, 0) is 21.6 Å². The largest absolute Gasteiger partial charge is 0.493 e. The number of hydrogen-bond donors (Lipinski definition) is 1. The van der Waals surface area contributed by atoms with Crippen molar-refractivity contribution in [1.82, 2.24) is 14.8 Å². The van der Waals surface area contributed by atoms with Gasteiger partial charge in [-0.25, -0.2) is 9.48 Å². The summed E-state index contributed by atoms with van der Waals surface area (Å²) >= 11 is 1.54. The molecule has 8 nitrogen and oxygen atoms in total. The highest BCUT2D eigenvalue weighted by atomic mass is 32.2. The van der Waals surface area contributed by atoms with E-state index < -0.39 is 6.04 Å². The van der Waals surface area contributed by atoms with Gasteiger partial charge in [-0.05, 0) is 53.3 Å². The number of fused-ring (bicyclic) bond motifs is 1. The molecule has 9 heteroatoms. The van der Waals surface area contributed by atoms with Crippen LogP contribution in [0.3, 0.4) is 0 Å². The second kappa shape index (κ2) is 12.2. The first-order chi connectivity index (χ1) is 18.7. The van der Waals surface area contributed by atoms with E-state index in [1.165, 1.54) is 5.56 Å². The molecule has 1 unspecified atom stereocenters. The Balaban J connectivity index is 1.65. The predicted octanol–water partition coefficient (Wildman–Crippen LogP) is 6.52. The van der Waals surface area contributed by atoms with Gasteiger partial charge in [0, 0.05) is 5.70 Å². The number of carbonyl (C=O) groups excluding carboxylic acids is 1. The molecule has 1 aromatic heterocycles. The first-order valence-electron chi connectivity index (χ1n) is 13.3. The number of nitrogens with one attached hydrogen (secondary N) is 1. The summed E-state index contributed by atoms with van der Waals surface area (Å²) < 4.78 is 19.2. The smallest absolute Gasteiger partial charge is 0.338 e. The Hall–Kier alpha value is -3.46. The number of nitrogens with zero attached hydrogens (tertiary/aromatic N) is 3. The van der Waals surface area contributed by atoms with Crippen LogP contribution in [0.2, 0.25) is 0 Å². The molecule has 0 fully saturated rings. The molecule has 2 aromatic carbocycles. The first-order valence-corrected chi connectivity index (χ1v) is 14.3. The van der Waals surface area contributed by atoms with Gasteiger partial charge in [-0.2, -0.15) is 4.98 Å². The van der Waals surface area contributed by atoms with Gasteiger partial charge in [0.2, 0.25) is 11.1 Å². The molecule has 39 heavy (non-hydrogen) atoms. The van der Waals surface area contributed by atoms with Crippen LogP contribution in [-0.4, -0.2) is 40.2 Å². The van der Waals surface area contributed by atoms with Crippen molar-refractivity contribution >= 4 is 23.7 Å². The van der Waals surface area contributed by atoms with Crippen molar-refractivity contribution in [2.24, 2.45) is 0 Å². The zero-order valence-electron chi connectivity index (χ0n) is 23.8. The molecule has 1 N–H and O–H groups in total. The molecule has 0 amide bonds. The molecule has 0 aliphatic carbocycles. The number of hydrogen-bond acceptors (Lipinski definition) is 8. The van der Waals surface area contributed by atoms with Crippen LogP contribution >= 0.6 is 11.8 Å². The molecule has 1 aliphatic heterocycles. The molecule has 1 aliphatic rings. The number of allylic oxidation sites excluding steroid dienone is 1. The summed E-state index contributed by atoms with van der Waals surface area (Å²) in [4.78, 5) is 17.8. The number of methoxy groups -OCH3 is 1. The molecule has 4 rings (SSSR count). The van der Waals surface area contributed by atoms with Gasteiger partial charge in [0.1, 0.15) is 12.6 Å². The predicted molar refractivity (Wildman–Crippen MR) is 155 cm³/mol. The SMILES string of the molecule is CCCOC(=O)C1=C(C)Nc2nc(SCC)nn2C1c1ccc(OCc2ccc(C(C)(C)C)cc2)c(OC)c1. The Morgan fingerprint density at radius 1 is 1.10 bits per heavy atom. The second-order valence-electron chi connectivity index (χ2n) is 10.4. The van der Waals surface area contributed by atoms with E-state index in [0.29, 0.717) is 47.1 Å². The van der Waals surface area contributed by atoms with Crippen molar-refractivity contribution < 1.29 is 19.0 Å². The summed E-state index contributed by atoms with van der Waals surface area (Å²) in [6.45, 7) is 13.2. The molecule has 3 aromatic rings. The zero-order valence-corrected chi connectivity index (χ0v) is 24.6. The number of ether oxygens (including phenoxy) is 3. The average Bonchev–Trinajstić information content (AvgIpc) is 3.31. The van der Waals surface area contributed by atoms with Crippen LogP contribution in [0.1, 0.15) is 70.7 Å². The molecule has 208 valence electrons. The van der Waals surface area contributed by atoms with E-state index in [-0.39, 0.29) is 11.4 Å². The van der Waals surface area contributed by atoms with Crippen LogP contribution in [0.15, 0.2) is 58.9 Å². The van der Waals surface area contributed by atoms with Gasteiger partial charge in [-0.3, -0.25) is 0 Å². The minimum absolute atomic E-state index is 0.0989. The second-order valence-corrected chi connectivity index (χ2v) is 11.7. The number of esters is 1. The Labute approximate surface area is 235 Å². The van der Waals surface area contributed by atoms with Gasteiger partial charge in [-0.1, -0.05) is 76.7 Å². The van der Waals surface area contributed by atoms with E-state index in [4.69, 9.17) is 19.3 Å². The normalized spacial score (nSPS) is 15.0. The Morgan fingerprint density at radius 2 is 1.85 bits per heavy atom. The molecule has 0 saturated heterocycles. The van der Waals surface area contributed by atoms with Gasteiger partial charge >= 0.3 is 5.97 Å². The molecule has 0 bridgehead atoms. The zero-order chi connectivity index (χ0) is 28.2. The van der Waals surface area contributed by atoms with Gasteiger partial charge in [0.25, 0.3) is 0 Å². The van der Waals surface area contributed by atoms with Crippen LogP contribution in [0.5, 0.6) is 11.5 Å².